The van der Waals surface area contributed by atoms with Gasteiger partial charge in [0.05, 0.1) is 5.69 Å². The fourth-order valence-corrected chi connectivity index (χ4v) is 3.27. The molecule has 28 heavy (non-hydrogen) atoms. The molecule has 144 valence electrons. The van der Waals surface area contributed by atoms with Crippen molar-refractivity contribution in [2.75, 3.05) is 11.9 Å². The molecule has 0 unspecified atom stereocenters. The van der Waals surface area contributed by atoms with Gasteiger partial charge >= 0.3 is 0 Å². The van der Waals surface area contributed by atoms with Crippen LogP contribution >= 0.6 is 15.9 Å². The molecule has 0 radical (unpaired) electrons. The van der Waals surface area contributed by atoms with Crippen molar-refractivity contribution < 1.29 is 9.53 Å². The largest absolute Gasteiger partial charge is 0.484 e. The SMILES string of the molecule is CC(C)(C)c1ccc(NC(=O)COc2ccc(-c3ccccc3)cc2)c(Br)c1. The lowest BCUT2D eigenvalue weighted by molar-refractivity contribution is -0.118. The van der Waals surface area contributed by atoms with Gasteiger partial charge in [0.1, 0.15) is 5.75 Å². The minimum atomic E-state index is -0.198. The lowest BCUT2D eigenvalue weighted by atomic mass is 9.87. The van der Waals surface area contributed by atoms with E-state index >= 15 is 0 Å². The number of ether oxygens (including phenoxy) is 1. The molecule has 4 heteroatoms. The highest BCUT2D eigenvalue weighted by molar-refractivity contribution is 9.10. The molecule has 0 atom stereocenters. The summed E-state index contributed by atoms with van der Waals surface area (Å²) in [4.78, 5) is 12.3. The first-order valence-electron chi connectivity index (χ1n) is 9.21. The van der Waals surface area contributed by atoms with E-state index in [1.54, 1.807) is 0 Å². The second-order valence-corrected chi connectivity index (χ2v) is 8.53. The number of nitrogens with one attached hydrogen (secondary N) is 1. The van der Waals surface area contributed by atoms with Gasteiger partial charge in [-0.1, -0.05) is 69.3 Å². The second kappa shape index (κ2) is 8.61. The summed E-state index contributed by atoms with van der Waals surface area (Å²) < 4.78 is 6.48. The van der Waals surface area contributed by atoms with E-state index in [0.717, 1.165) is 21.3 Å². The third-order valence-corrected chi connectivity index (χ3v) is 5.10. The molecule has 1 amide bonds. The van der Waals surface area contributed by atoms with E-state index in [-0.39, 0.29) is 17.9 Å². The number of benzene rings is 3. The van der Waals surface area contributed by atoms with Gasteiger partial charge in [0.2, 0.25) is 0 Å². The Morgan fingerprint density at radius 3 is 2.18 bits per heavy atom. The average Bonchev–Trinajstić information content (AvgIpc) is 2.68. The Labute approximate surface area is 174 Å². The number of hydrogen-bond acceptors (Lipinski definition) is 2. The van der Waals surface area contributed by atoms with Crippen LogP contribution in [0, 0.1) is 0 Å². The van der Waals surface area contributed by atoms with Crippen LogP contribution in [0.1, 0.15) is 26.3 Å². The van der Waals surface area contributed by atoms with Crippen LogP contribution < -0.4 is 10.1 Å². The minimum absolute atomic E-state index is 0.0435. The standard InChI is InChI=1S/C24H24BrNO2/c1-24(2,3)19-11-14-22(21(25)15-19)26-23(27)16-28-20-12-9-18(10-13-20)17-7-5-4-6-8-17/h4-15H,16H2,1-3H3,(H,26,27). The van der Waals surface area contributed by atoms with Gasteiger partial charge in [0, 0.05) is 4.47 Å². The van der Waals surface area contributed by atoms with E-state index < -0.39 is 0 Å². The average molecular weight is 438 g/mol. The van der Waals surface area contributed by atoms with Gasteiger partial charge in [-0.2, -0.15) is 0 Å². The zero-order valence-electron chi connectivity index (χ0n) is 16.3. The zero-order valence-corrected chi connectivity index (χ0v) is 17.9. The van der Waals surface area contributed by atoms with Gasteiger partial charge in [0.15, 0.2) is 6.61 Å². The Bertz CT molecular complexity index is 945. The minimum Gasteiger partial charge on any atom is -0.484 e. The summed E-state index contributed by atoms with van der Waals surface area (Å²) in [7, 11) is 0. The molecule has 0 aliphatic carbocycles. The highest BCUT2D eigenvalue weighted by Gasteiger charge is 2.15. The lowest BCUT2D eigenvalue weighted by Crippen LogP contribution is -2.20. The number of anilines is 1. The van der Waals surface area contributed by atoms with Gasteiger partial charge < -0.3 is 10.1 Å². The van der Waals surface area contributed by atoms with Crippen molar-refractivity contribution in [3.8, 4) is 16.9 Å². The molecule has 0 fully saturated rings. The molecule has 3 aromatic carbocycles. The summed E-state index contributed by atoms with van der Waals surface area (Å²) in [6.07, 6.45) is 0. The number of carbonyl (C=O) groups excluding carboxylic acids is 1. The van der Waals surface area contributed by atoms with Gasteiger partial charge in [-0.3, -0.25) is 4.79 Å². The van der Waals surface area contributed by atoms with Crippen molar-refractivity contribution in [3.05, 3.63) is 82.8 Å². The summed E-state index contributed by atoms with van der Waals surface area (Å²) in [5.74, 6) is 0.466. The van der Waals surface area contributed by atoms with Crippen LogP contribution in [0.5, 0.6) is 5.75 Å². The highest BCUT2D eigenvalue weighted by Crippen LogP contribution is 2.30. The van der Waals surface area contributed by atoms with E-state index in [4.69, 9.17) is 4.74 Å². The predicted molar refractivity (Wildman–Crippen MR) is 119 cm³/mol. The van der Waals surface area contributed by atoms with E-state index in [1.165, 1.54) is 5.56 Å². The molecule has 0 heterocycles. The normalized spacial score (nSPS) is 11.1. The van der Waals surface area contributed by atoms with E-state index in [1.807, 2.05) is 60.7 Å². The molecular formula is C24H24BrNO2. The van der Waals surface area contributed by atoms with Gasteiger partial charge in [0.25, 0.3) is 5.91 Å². The maximum Gasteiger partial charge on any atom is 0.262 e. The van der Waals surface area contributed by atoms with Crippen molar-refractivity contribution in [1.29, 1.82) is 0 Å². The molecular weight excluding hydrogens is 414 g/mol. The third kappa shape index (κ3) is 5.23. The molecule has 3 nitrogen and oxygen atoms in total. The molecule has 0 bridgehead atoms. The highest BCUT2D eigenvalue weighted by atomic mass is 79.9. The lowest BCUT2D eigenvalue weighted by Gasteiger charge is -2.20. The smallest absolute Gasteiger partial charge is 0.262 e. The maximum absolute atomic E-state index is 12.3. The second-order valence-electron chi connectivity index (χ2n) is 7.67. The first-order chi connectivity index (χ1) is 13.3. The fraction of sp³-hybridized carbons (Fsp3) is 0.208. The molecule has 3 rings (SSSR count). The summed E-state index contributed by atoms with van der Waals surface area (Å²) in [6.45, 7) is 6.43. The summed E-state index contributed by atoms with van der Waals surface area (Å²) in [5, 5.41) is 2.89. The number of rotatable bonds is 5. The fourth-order valence-electron chi connectivity index (χ4n) is 2.79. The number of amides is 1. The number of carbonyl (C=O) groups is 1. The van der Waals surface area contributed by atoms with Crippen molar-refractivity contribution in [2.45, 2.75) is 26.2 Å². The third-order valence-electron chi connectivity index (χ3n) is 4.44. The quantitative estimate of drug-likeness (QED) is 0.499. The molecule has 0 spiro atoms. The number of hydrogen-bond donors (Lipinski definition) is 1. The van der Waals surface area contributed by atoms with Crippen LogP contribution in [0.15, 0.2) is 77.3 Å². The topological polar surface area (TPSA) is 38.3 Å². The predicted octanol–water partition coefficient (Wildman–Crippen LogP) is 6.43. The van der Waals surface area contributed by atoms with Gasteiger partial charge in [-0.15, -0.1) is 0 Å². The zero-order chi connectivity index (χ0) is 20.1. The molecule has 0 saturated carbocycles. The van der Waals surface area contributed by atoms with Crippen molar-refractivity contribution in [1.82, 2.24) is 0 Å². The Kier molecular flexibility index (Phi) is 6.20. The summed E-state index contributed by atoms with van der Waals surface area (Å²) in [5.41, 5.74) is 4.25. The Hall–Kier alpha value is -2.59. The van der Waals surface area contributed by atoms with Crippen LogP contribution in [0.3, 0.4) is 0 Å². The van der Waals surface area contributed by atoms with Crippen molar-refractivity contribution in [3.63, 3.8) is 0 Å². The monoisotopic (exact) mass is 437 g/mol. The van der Waals surface area contributed by atoms with E-state index in [9.17, 15) is 4.79 Å². The first-order valence-corrected chi connectivity index (χ1v) is 10.0. The van der Waals surface area contributed by atoms with Crippen molar-refractivity contribution >= 4 is 27.5 Å². The van der Waals surface area contributed by atoms with Gasteiger partial charge in [-0.25, -0.2) is 0 Å². The van der Waals surface area contributed by atoms with Gasteiger partial charge in [-0.05, 0) is 62.3 Å². The summed E-state index contributed by atoms with van der Waals surface area (Å²) >= 11 is 3.54. The molecule has 0 aliphatic heterocycles. The molecule has 1 N–H and O–H groups in total. The first kappa shape index (κ1) is 20.2. The number of halogens is 1. The molecule has 0 saturated heterocycles. The van der Waals surface area contributed by atoms with E-state index in [2.05, 4.69) is 54.2 Å². The maximum atomic E-state index is 12.3. The molecule has 3 aromatic rings. The Balaban J connectivity index is 1.57. The summed E-state index contributed by atoms with van der Waals surface area (Å²) in [6, 6.07) is 23.9. The van der Waals surface area contributed by atoms with Crippen LogP contribution in [0.25, 0.3) is 11.1 Å². The van der Waals surface area contributed by atoms with E-state index in [0.29, 0.717) is 5.75 Å². The Morgan fingerprint density at radius 1 is 0.929 bits per heavy atom. The molecule has 0 aromatic heterocycles. The van der Waals surface area contributed by atoms with Crippen LogP contribution in [-0.2, 0) is 10.2 Å². The van der Waals surface area contributed by atoms with Crippen LogP contribution in [-0.4, -0.2) is 12.5 Å². The van der Waals surface area contributed by atoms with Crippen molar-refractivity contribution in [2.24, 2.45) is 0 Å². The van der Waals surface area contributed by atoms with Crippen LogP contribution in [0.4, 0.5) is 5.69 Å². The Morgan fingerprint density at radius 2 is 1.57 bits per heavy atom. The molecule has 0 aliphatic rings. The van der Waals surface area contributed by atoms with Crippen LogP contribution in [0.2, 0.25) is 0 Å².